The molecule has 0 saturated carbocycles. The van der Waals surface area contributed by atoms with E-state index in [9.17, 15) is 15.3 Å². The predicted molar refractivity (Wildman–Crippen MR) is 56.4 cm³/mol. The molecule has 1 rings (SSSR count). The van der Waals surface area contributed by atoms with Crippen LogP contribution in [0.4, 0.5) is 0 Å². The van der Waals surface area contributed by atoms with E-state index in [0.717, 1.165) is 5.06 Å². The lowest BCUT2D eigenvalue weighted by atomic mass is 9.76. The summed E-state index contributed by atoms with van der Waals surface area (Å²) in [6.45, 7) is 7.52. The third-order valence-electron chi connectivity index (χ3n) is 3.09. The van der Waals surface area contributed by atoms with Crippen molar-refractivity contribution in [3.8, 4) is 0 Å². The van der Waals surface area contributed by atoms with Crippen LogP contribution in [0.5, 0.6) is 0 Å². The van der Waals surface area contributed by atoms with E-state index in [1.807, 2.05) is 27.7 Å². The van der Waals surface area contributed by atoms with Crippen LogP contribution in [0.1, 0.15) is 40.5 Å². The van der Waals surface area contributed by atoms with Gasteiger partial charge in [0.25, 0.3) is 5.09 Å². The Balaban J connectivity index is 2.67. The first-order chi connectivity index (χ1) is 7.15. The van der Waals surface area contributed by atoms with E-state index < -0.39 is 16.2 Å². The maximum Gasteiger partial charge on any atom is 0.294 e. The third kappa shape index (κ3) is 2.82. The first kappa shape index (κ1) is 13.2. The number of hydrogen-bond donors (Lipinski definition) is 0. The van der Waals surface area contributed by atoms with Gasteiger partial charge in [0.05, 0.1) is 6.61 Å². The summed E-state index contributed by atoms with van der Waals surface area (Å²) in [4.78, 5) is 14.5. The standard InChI is InChI=1S/C10H19N2O4/c1-9(2)5-8(7-16-12(14)15)6-10(3,4)11(9)13/h8H,5-7H2,1-4H3. The second kappa shape index (κ2) is 4.18. The molecule has 0 aromatic carbocycles. The van der Waals surface area contributed by atoms with Gasteiger partial charge in [0.1, 0.15) is 0 Å². The highest BCUT2D eigenvalue weighted by molar-refractivity contribution is 4.95. The molecular formula is C10H19N2O4. The van der Waals surface area contributed by atoms with E-state index in [2.05, 4.69) is 4.84 Å². The Labute approximate surface area is 95.2 Å². The summed E-state index contributed by atoms with van der Waals surface area (Å²) in [5.41, 5.74) is -0.987. The number of hydrogen-bond acceptors (Lipinski definition) is 4. The van der Waals surface area contributed by atoms with Gasteiger partial charge in [-0.15, -0.1) is 20.4 Å². The number of rotatable bonds is 3. The summed E-state index contributed by atoms with van der Waals surface area (Å²) in [7, 11) is 0. The van der Waals surface area contributed by atoms with Crippen LogP contribution in [-0.4, -0.2) is 27.8 Å². The second-order valence-corrected chi connectivity index (χ2v) is 5.71. The molecule has 93 valence electrons. The Morgan fingerprint density at radius 2 is 1.75 bits per heavy atom. The van der Waals surface area contributed by atoms with Crippen molar-refractivity contribution in [1.82, 2.24) is 5.06 Å². The van der Waals surface area contributed by atoms with E-state index in [0.29, 0.717) is 12.8 Å². The van der Waals surface area contributed by atoms with Crippen LogP contribution >= 0.6 is 0 Å². The molecule has 1 saturated heterocycles. The SMILES string of the molecule is CC1(C)CC(CO[N+](=O)[O-])CC(C)(C)N1[O]. The van der Waals surface area contributed by atoms with Gasteiger partial charge in [-0.1, -0.05) is 0 Å². The molecular weight excluding hydrogens is 212 g/mol. The number of hydroxylamine groups is 2. The summed E-state index contributed by atoms with van der Waals surface area (Å²) in [5, 5.41) is 22.5. The molecule has 1 radical (unpaired) electrons. The molecule has 0 amide bonds. The summed E-state index contributed by atoms with van der Waals surface area (Å²) >= 11 is 0. The van der Waals surface area contributed by atoms with Crippen LogP contribution in [-0.2, 0) is 10.0 Å². The molecule has 1 heterocycles. The highest BCUT2D eigenvalue weighted by Crippen LogP contribution is 2.40. The molecule has 6 heteroatoms. The minimum Gasteiger partial charge on any atom is -0.314 e. The van der Waals surface area contributed by atoms with Gasteiger partial charge in [0.15, 0.2) is 0 Å². The zero-order valence-corrected chi connectivity index (χ0v) is 10.2. The van der Waals surface area contributed by atoms with Gasteiger partial charge in [-0.25, -0.2) is 0 Å². The Morgan fingerprint density at radius 1 is 1.31 bits per heavy atom. The summed E-state index contributed by atoms with van der Waals surface area (Å²) in [5.74, 6) is 0.0561. The normalized spacial score (nSPS) is 25.3. The van der Waals surface area contributed by atoms with Crippen molar-refractivity contribution in [3.63, 3.8) is 0 Å². The molecule has 0 aromatic rings. The average molecular weight is 231 g/mol. The van der Waals surface area contributed by atoms with Crippen molar-refractivity contribution < 1.29 is 15.1 Å². The van der Waals surface area contributed by atoms with Gasteiger partial charge in [0, 0.05) is 11.1 Å². The molecule has 1 fully saturated rings. The second-order valence-electron chi connectivity index (χ2n) is 5.71. The summed E-state index contributed by atoms with van der Waals surface area (Å²) in [6, 6.07) is 0. The highest BCUT2D eigenvalue weighted by Gasteiger charge is 2.46. The minimum absolute atomic E-state index is 0.0561. The van der Waals surface area contributed by atoms with Gasteiger partial charge < -0.3 is 4.84 Å². The fourth-order valence-corrected chi connectivity index (χ4v) is 2.75. The first-order valence-corrected chi connectivity index (χ1v) is 5.40. The maximum absolute atomic E-state index is 12.0. The van der Waals surface area contributed by atoms with Crippen molar-refractivity contribution in [3.05, 3.63) is 10.1 Å². The average Bonchev–Trinajstić information content (AvgIpc) is 2.10. The van der Waals surface area contributed by atoms with E-state index in [1.165, 1.54) is 0 Å². The zero-order valence-electron chi connectivity index (χ0n) is 10.2. The van der Waals surface area contributed by atoms with Gasteiger partial charge in [-0.05, 0) is 46.5 Å². The lowest BCUT2D eigenvalue weighted by Gasteiger charge is -2.49. The van der Waals surface area contributed by atoms with E-state index in [1.54, 1.807) is 0 Å². The summed E-state index contributed by atoms with van der Waals surface area (Å²) in [6.07, 6.45) is 1.24. The van der Waals surface area contributed by atoms with Crippen molar-refractivity contribution in [2.45, 2.75) is 51.6 Å². The van der Waals surface area contributed by atoms with E-state index in [-0.39, 0.29) is 12.5 Å². The number of piperidine rings is 1. The number of nitrogens with zero attached hydrogens (tertiary/aromatic N) is 2. The predicted octanol–water partition coefficient (Wildman–Crippen LogP) is 1.81. The molecule has 6 nitrogen and oxygen atoms in total. The minimum atomic E-state index is -0.774. The quantitative estimate of drug-likeness (QED) is 0.548. The van der Waals surface area contributed by atoms with Crippen LogP contribution in [0.2, 0.25) is 0 Å². The molecule has 0 unspecified atom stereocenters. The molecule has 0 aliphatic carbocycles. The van der Waals surface area contributed by atoms with E-state index >= 15 is 0 Å². The van der Waals surface area contributed by atoms with Crippen LogP contribution in [0.3, 0.4) is 0 Å². The maximum atomic E-state index is 12.0. The first-order valence-electron chi connectivity index (χ1n) is 5.40. The van der Waals surface area contributed by atoms with Gasteiger partial charge in [-0.3, -0.25) is 0 Å². The highest BCUT2D eigenvalue weighted by atomic mass is 16.9. The Morgan fingerprint density at radius 3 is 2.12 bits per heavy atom. The van der Waals surface area contributed by atoms with Crippen molar-refractivity contribution in [2.24, 2.45) is 5.92 Å². The molecule has 0 atom stereocenters. The van der Waals surface area contributed by atoms with E-state index in [4.69, 9.17) is 0 Å². The largest absolute Gasteiger partial charge is 0.314 e. The summed E-state index contributed by atoms with van der Waals surface area (Å²) < 4.78 is 0. The zero-order chi connectivity index (χ0) is 12.6. The molecule has 0 spiro atoms. The lowest BCUT2D eigenvalue weighted by Crippen LogP contribution is -2.58. The molecule has 16 heavy (non-hydrogen) atoms. The van der Waals surface area contributed by atoms with Crippen LogP contribution in [0.25, 0.3) is 0 Å². The smallest absolute Gasteiger partial charge is 0.294 e. The molecule has 1 aliphatic heterocycles. The Bertz CT molecular complexity index is 260. The van der Waals surface area contributed by atoms with Gasteiger partial charge in [0.2, 0.25) is 0 Å². The lowest BCUT2D eigenvalue weighted by molar-refractivity contribution is -0.759. The Hall–Kier alpha value is -0.880. The van der Waals surface area contributed by atoms with Crippen LogP contribution < -0.4 is 0 Å². The topological polar surface area (TPSA) is 75.5 Å². The molecule has 0 N–H and O–H groups in total. The molecule has 0 bridgehead atoms. The Kier molecular flexibility index (Phi) is 3.44. The van der Waals surface area contributed by atoms with Gasteiger partial charge in [-0.2, -0.15) is 0 Å². The molecule has 1 aliphatic rings. The van der Waals surface area contributed by atoms with Crippen molar-refractivity contribution in [2.75, 3.05) is 6.61 Å². The van der Waals surface area contributed by atoms with Crippen molar-refractivity contribution >= 4 is 0 Å². The molecule has 0 aromatic heterocycles. The third-order valence-corrected chi connectivity index (χ3v) is 3.09. The van der Waals surface area contributed by atoms with Crippen LogP contribution in [0, 0.1) is 16.0 Å². The van der Waals surface area contributed by atoms with Gasteiger partial charge >= 0.3 is 0 Å². The monoisotopic (exact) mass is 231 g/mol. The fourth-order valence-electron chi connectivity index (χ4n) is 2.75. The van der Waals surface area contributed by atoms with Crippen molar-refractivity contribution in [1.29, 1.82) is 0 Å². The fraction of sp³-hybridized carbons (Fsp3) is 1.00. The van der Waals surface area contributed by atoms with Crippen LogP contribution in [0.15, 0.2) is 0 Å².